The summed E-state index contributed by atoms with van der Waals surface area (Å²) >= 11 is 0. The normalized spacial score (nSPS) is 13.1. The number of nitrogens with one attached hydrogen (secondary N) is 5. The number of hydrogen-bond acceptors (Lipinski definition) is 13. The maximum absolute atomic E-state index is 13.6. The number of ether oxygens (including phenoxy) is 5. The Morgan fingerprint density at radius 3 is 1.64 bits per heavy atom. The minimum absolute atomic E-state index is 0.0254. The number of carbonyl (C=O) groups excluding carboxylic acids is 5. The van der Waals surface area contributed by atoms with Crippen molar-refractivity contribution in [1.29, 1.82) is 0 Å². The third-order valence-electron chi connectivity index (χ3n) is 9.71. The first-order chi connectivity index (χ1) is 30.8. The van der Waals surface area contributed by atoms with Gasteiger partial charge in [-0.3, -0.25) is 24.0 Å². The number of rotatable bonds is 36. The van der Waals surface area contributed by atoms with Crippen LogP contribution < -0.4 is 42.8 Å². The lowest BCUT2D eigenvalue weighted by molar-refractivity contribution is -0.136. The van der Waals surface area contributed by atoms with Gasteiger partial charge in [0.2, 0.25) is 58.5 Å². The van der Waals surface area contributed by atoms with Crippen LogP contribution in [0.1, 0.15) is 90.4 Å². The second-order valence-electron chi connectivity index (χ2n) is 14.8. The molecule has 64 heavy (non-hydrogen) atoms. The van der Waals surface area contributed by atoms with Crippen LogP contribution in [0.25, 0.3) is 0 Å². The Hall–Kier alpha value is -4.48. The smallest absolute Gasteiger partial charge is 0.313 e. The van der Waals surface area contributed by atoms with E-state index in [2.05, 4.69) is 31.3 Å². The molecule has 0 heterocycles. The molecule has 2 rings (SSSR count). The van der Waals surface area contributed by atoms with Crippen molar-refractivity contribution < 1.29 is 69.6 Å². The van der Waals surface area contributed by atoms with Crippen molar-refractivity contribution in [3.8, 4) is 5.75 Å². The maximum atomic E-state index is 13.6. The second-order valence-corrected chi connectivity index (χ2v) is 14.8. The number of allylic oxidation sites excluding steroid dienone is 1. The number of nitrogens with two attached hydrogens (primary N) is 2. The van der Waals surface area contributed by atoms with E-state index in [1.807, 2.05) is 6.92 Å². The van der Waals surface area contributed by atoms with Gasteiger partial charge in [0.1, 0.15) is 6.04 Å². The summed E-state index contributed by atoms with van der Waals surface area (Å²) in [5.74, 6) is -15.7. The number of carbonyl (C=O) groups is 5. The topological polar surface area (TPSA) is 244 Å². The molecule has 2 atom stereocenters. The van der Waals surface area contributed by atoms with Gasteiger partial charge in [0, 0.05) is 18.7 Å². The van der Waals surface area contributed by atoms with Gasteiger partial charge < -0.3 is 61.7 Å². The Morgan fingerprint density at radius 1 is 0.578 bits per heavy atom. The zero-order valence-corrected chi connectivity index (χ0v) is 36.7. The third kappa shape index (κ3) is 21.9. The molecule has 0 aromatic heterocycles. The summed E-state index contributed by atoms with van der Waals surface area (Å²) in [6.07, 6.45) is 8.23. The number of unbranched alkanes of at least 4 members (excludes halogenated alkanes) is 3. The molecule has 22 heteroatoms. The van der Waals surface area contributed by atoms with Gasteiger partial charge in [-0.25, -0.2) is 13.2 Å². The van der Waals surface area contributed by atoms with E-state index in [1.54, 1.807) is 0 Å². The fourth-order valence-electron chi connectivity index (χ4n) is 6.06. The first kappa shape index (κ1) is 55.7. The zero-order chi connectivity index (χ0) is 47.1. The first-order valence-electron chi connectivity index (χ1n) is 21.9. The molecule has 0 radical (unpaired) electrons. The van der Waals surface area contributed by atoms with Crippen molar-refractivity contribution >= 4 is 29.6 Å². The molecule has 1 aliphatic carbocycles. The van der Waals surface area contributed by atoms with Gasteiger partial charge >= 0.3 is 5.97 Å². The molecule has 1 aromatic rings. The van der Waals surface area contributed by atoms with Gasteiger partial charge in [0.25, 0.3) is 0 Å². The summed E-state index contributed by atoms with van der Waals surface area (Å²) in [6, 6.07) is -1.16. The van der Waals surface area contributed by atoms with Crippen molar-refractivity contribution in [3.63, 3.8) is 0 Å². The maximum Gasteiger partial charge on any atom is 0.313 e. The molecule has 9 N–H and O–H groups in total. The molecule has 1 aromatic carbocycles. The molecule has 1 saturated carbocycles. The molecular formula is C42H66F5N7O10. The Balaban J connectivity index is 1.61. The van der Waals surface area contributed by atoms with E-state index in [0.717, 1.165) is 50.6 Å². The van der Waals surface area contributed by atoms with Crippen molar-refractivity contribution in [2.75, 3.05) is 85.6 Å². The van der Waals surface area contributed by atoms with Crippen LogP contribution in [0.15, 0.2) is 11.3 Å². The van der Waals surface area contributed by atoms with Gasteiger partial charge in [-0.1, -0.05) is 13.3 Å². The lowest BCUT2D eigenvalue weighted by Crippen LogP contribution is -2.51. The predicted molar refractivity (Wildman–Crippen MR) is 224 cm³/mol. The molecule has 1 fully saturated rings. The van der Waals surface area contributed by atoms with E-state index in [0.29, 0.717) is 45.2 Å². The van der Waals surface area contributed by atoms with Crippen LogP contribution in [0.3, 0.4) is 0 Å². The molecule has 2 unspecified atom stereocenters. The average Bonchev–Trinajstić information content (AvgIpc) is 3.26. The quantitative estimate of drug-likeness (QED) is 0.0128. The van der Waals surface area contributed by atoms with E-state index in [1.165, 1.54) is 5.57 Å². The van der Waals surface area contributed by atoms with Crippen LogP contribution in [-0.4, -0.2) is 127 Å². The Kier molecular flexibility index (Phi) is 28.8. The van der Waals surface area contributed by atoms with Crippen molar-refractivity contribution in [2.24, 2.45) is 11.5 Å². The summed E-state index contributed by atoms with van der Waals surface area (Å²) in [5, 5.41) is 14.4. The van der Waals surface area contributed by atoms with Crippen molar-refractivity contribution in [2.45, 2.75) is 102 Å². The second kappa shape index (κ2) is 33.1. The van der Waals surface area contributed by atoms with Crippen LogP contribution >= 0.6 is 0 Å². The van der Waals surface area contributed by atoms with Crippen molar-refractivity contribution in [3.05, 3.63) is 40.4 Å². The third-order valence-corrected chi connectivity index (χ3v) is 9.71. The summed E-state index contributed by atoms with van der Waals surface area (Å²) in [4.78, 5) is 63.2. The fourth-order valence-corrected chi connectivity index (χ4v) is 6.06. The first-order valence-corrected chi connectivity index (χ1v) is 21.9. The molecule has 0 saturated heterocycles. The lowest BCUT2D eigenvalue weighted by Gasteiger charge is -2.30. The van der Waals surface area contributed by atoms with Crippen LogP contribution in [0.2, 0.25) is 0 Å². The van der Waals surface area contributed by atoms with E-state index in [-0.39, 0.29) is 84.4 Å². The fraction of sp³-hybridized carbons (Fsp3) is 0.690. The highest BCUT2D eigenvalue weighted by molar-refractivity contribution is 5.91. The molecule has 17 nitrogen and oxygen atoms in total. The Bertz CT molecular complexity index is 1610. The van der Waals surface area contributed by atoms with Gasteiger partial charge in [-0.15, -0.1) is 0 Å². The number of halogens is 5. The van der Waals surface area contributed by atoms with Crippen LogP contribution in [0, 0.1) is 29.1 Å². The zero-order valence-electron chi connectivity index (χ0n) is 36.7. The monoisotopic (exact) mass is 923 g/mol. The van der Waals surface area contributed by atoms with Gasteiger partial charge in [0.05, 0.1) is 78.4 Å². The van der Waals surface area contributed by atoms with Crippen LogP contribution in [0.5, 0.6) is 5.75 Å². The van der Waals surface area contributed by atoms with E-state index in [9.17, 15) is 45.9 Å². The lowest BCUT2D eigenvalue weighted by atomic mass is 9.87. The minimum Gasteiger partial charge on any atom is -0.420 e. The van der Waals surface area contributed by atoms with Gasteiger partial charge in [-0.2, -0.15) is 8.78 Å². The van der Waals surface area contributed by atoms with E-state index >= 15 is 0 Å². The molecule has 364 valence electrons. The number of benzene rings is 1. The molecule has 1 aliphatic rings. The van der Waals surface area contributed by atoms with Crippen LogP contribution in [-0.2, 0) is 42.9 Å². The Labute approximate surface area is 371 Å². The molecule has 0 bridgehead atoms. The summed E-state index contributed by atoms with van der Waals surface area (Å²) in [5.41, 5.74) is 13.4. The SMILES string of the molecule is CCCCC(=O)NC(CCCCN)C(NCC(=O)NC(CCCCN)C(=O)NCC(=O)NCCOCCOCCOCCOCCC(=O)Oc1c(F)c(F)c(F)c(F)c1F)=C1CCC1. The van der Waals surface area contributed by atoms with E-state index in [4.69, 9.17) is 30.4 Å². The Morgan fingerprint density at radius 2 is 1.09 bits per heavy atom. The largest absolute Gasteiger partial charge is 0.420 e. The van der Waals surface area contributed by atoms with E-state index < -0.39 is 71.0 Å². The molecule has 4 amide bonds. The van der Waals surface area contributed by atoms with Gasteiger partial charge in [-0.05, 0) is 82.9 Å². The number of amides is 4. The predicted octanol–water partition coefficient (Wildman–Crippen LogP) is 2.42. The number of esters is 1. The van der Waals surface area contributed by atoms with Crippen molar-refractivity contribution in [1.82, 2.24) is 26.6 Å². The standard InChI is InChI=1S/C42H66F5N7O10/c1-2-3-13-31(55)53-29(11-4-6-15-48)40(28-9-8-10-28)51-27-33(57)54-30(12-5-7-16-49)42(59)52-26-32(56)50-17-19-61-21-23-63-25-24-62-22-20-60-18-14-34(58)64-41-38(46)36(44)35(43)37(45)39(41)47/h29-30,51H,2-27,48-49H2,1H3,(H,50,56)(H,52,59)(H,53,55)(H,54,57). The van der Waals surface area contributed by atoms with Gasteiger partial charge in [0.15, 0.2) is 0 Å². The summed E-state index contributed by atoms with van der Waals surface area (Å²) in [7, 11) is 0. The highest BCUT2D eigenvalue weighted by atomic mass is 19.2. The molecule has 0 aliphatic heterocycles. The number of hydrogen-bond donors (Lipinski definition) is 7. The average molecular weight is 924 g/mol. The van der Waals surface area contributed by atoms with Crippen LogP contribution in [0.4, 0.5) is 22.0 Å². The minimum atomic E-state index is -2.37. The highest BCUT2D eigenvalue weighted by Crippen LogP contribution is 2.31. The molecular weight excluding hydrogens is 857 g/mol. The summed E-state index contributed by atoms with van der Waals surface area (Å²) < 4.78 is 92.3. The highest BCUT2D eigenvalue weighted by Gasteiger charge is 2.29. The summed E-state index contributed by atoms with van der Waals surface area (Å²) in [6.45, 7) is 3.62. The molecule has 0 spiro atoms.